The van der Waals surface area contributed by atoms with Gasteiger partial charge in [-0.15, -0.1) is 0 Å². The predicted octanol–water partition coefficient (Wildman–Crippen LogP) is 2.64. The summed E-state index contributed by atoms with van der Waals surface area (Å²) in [4.78, 5) is 41.3. The van der Waals surface area contributed by atoms with Crippen LogP contribution in [0.1, 0.15) is 121 Å². The summed E-state index contributed by atoms with van der Waals surface area (Å²) in [6, 6.07) is 3.55. The van der Waals surface area contributed by atoms with Crippen molar-refractivity contribution >= 4 is 17.3 Å². The molecule has 6 N–H and O–H groups in total. The number of carbonyl (C=O) groups is 3. The summed E-state index contributed by atoms with van der Waals surface area (Å²) < 4.78 is 37.2. The molecule has 10 unspecified atom stereocenters. The molecule has 3 fully saturated rings. The maximum absolute atomic E-state index is 13.8. The maximum atomic E-state index is 13.8. The number of aliphatic hydroxyl groups excluding tert-OH is 2. The molecule has 3 heterocycles. The van der Waals surface area contributed by atoms with Gasteiger partial charge in [0.25, 0.3) is 0 Å². The van der Waals surface area contributed by atoms with Crippen LogP contribution in [0.5, 0.6) is 17.2 Å². The number of fused-ring (bicyclic) bond motifs is 3. The molecule has 306 valence electrons. The van der Waals surface area contributed by atoms with Gasteiger partial charge in [-0.2, -0.15) is 0 Å². The van der Waals surface area contributed by atoms with Crippen molar-refractivity contribution in [2.75, 3.05) is 14.1 Å². The van der Waals surface area contributed by atoms with Crippen molar-refractivity contribution in [2.24, 2.45) is 0 Å². The molecule has 0 aromatic heterocycles. The summed E-state index contributed by atoms with van der Waals surface area (Å²) in [5, 5.41) is 68.2. The number of Topliss-reactive ketones (excluding diaryl/α,β-unsaturated/α-hetero) is 1. The molecule has 3 saturated heterocycles. The minimum absolute atomic E-state index is 0.00193. The third kappa shape index (κ3) is 6.93. The normalized spacial score (nSPS) is 37.3. The second-order valence-electron chi connectivity index (χ2n) is 15.8. The van der Waals surface area contributed by atoms with Crippen LogP contribution >= 0.6 is 0 Å². The van der Waals surface area contributed by atoms with Gasteiger partial charge in [-0.25, -0.2) is 0 Å². The second-order valence-corrected chi connectivity index (χ2v) is 15.8. The first-order valence-electron chi connectivity index (χ1n) is 19.2. The Kier molecular flexibility index (Phi) is 11.1. The molecule has 5 aliphatic rings. The molecule has 16 nitrogen and oxygen atoms in total. The van der Waals surface area contributed by atoms with Crippen molar-refractivity contribution in [3.8, 4) is 17.2 Å². The van der Waals surface area contributed by atoms with E-state index in [2.05, 4.69) is 0 Å². The highest BCUT2D eigenvalue weighted by atomic mass is 16.7. The number of carbonyl (C=O) groups excluding carboxylic acids is 3. The predicted molar refractivity (Wildman–Crippen MR) is 193 cm³/mol. The highest BCUT2D eigenvalue weighted by Gasteiger charge is 2.52. The van der Waals surface area contributed by atoms with Crippen molar-refractivity contribution < 1.29 is 73.4 Å². The number of aliphatic hydroxyl groups is 3. The molecule has 0 spiro atoms. The first-order chi connectivity index (χ1) is 26.4. The number of phenolic OH excluding ortho intramolecular Hbond substituents is 3. The fraction of sp³-hybridized carbons (Fsp3) is 0.625. The van der Waals surface area contributed by atoms with E-state index in [1.54, 1.807) is 27.7 Å². The number of ether oxygens (including phenoxy) is 6. The van der Waals surface area contributed by atoms with Crippen molar-refractivity contribution in [1.82, 2.24) is 4.90 Å². The van der Waals surface area contributed by atoms with Gasteiger partial charge >= 0.3 is 0 Å². The molecule has 2 aromatic carbocycles. The van der Waals surface area contributed by atoms with E-state index in [0.717, 1.165) is 0 Å². The lowest BCUT2D eigenvalue weighted by Gasteiger charge is -2.48. The lowest BCUT2D eigenvalue weighted by molar-refractivity contribution is -0.325. The summed E-state index contributed by atoms with van der Waals surface area (Å²) in [7, 11) is 3.70. The van der Waals surface area contributed by atoms with Crippen LogP contribution in [0, 0.1) is 0 Å². The fourth-order valence-corrected chi connectivity index (χ4v) is 8.88. The Hall–Kier alpha value is -3.55. The average molecular weight is 786 g/mol. The number of nitrogens with zero attached hydrogens (tertiary/aromatic N) is 1. The van der Waals surface area contributed by atoms with Gasteiger partial charge in [0.05, 0.1) is 46.7 Å². The number of hydrogen-bond donors (Lipinski definition) is 6. The molecule has 13 atom stereocenters. The maximum Gasteiger partial charge on any atom is 0.202 e. The Balaban J connectivity index is 1.12. The van der Waals surface area contributed by atoms with Crippen molar-refractivity contribution in [3.05, 3.63) is 51.6 Å². The van der Waals surface area contributed by atoms with Gasteiger partial charge in [0.2, 0.25) is 5.78 Å². The number of aromatic hydroxyl groups is 3. The van der Waals surface area contributed by atoms with Crippen molar-refractivity contribution in [1.29, 1.82) is 0 Å². The molecule has 0 saturated carbocycles. The molecule has 56 heavy (non-hydrogen) atoms. The van der Waals surface area contributed by atoms with Crippen LogP contribution < -0.4 is 0 Å². The van der Waals surface area contributed by atoms with Crippen LogP contribution in [0.15, 0.2) is 18.2 Å². The van der Waals surface area contributed by atoms with Gasteiger partial charge in [0.15, 0.2) is 30.4 Å². The Morgan fingerprint density at radius 2 is 1.43 bits per heavy atom. The Bertz CT molecular complexity index is 1870. The molecule has 7 rings (SSSR count). The molecule has 3 aliphatic heterocycles. The number of ketones is 3. The zero-order valence-electron chi connectivity index (χ0n) is 32.2. The SMILES string of the molecule is CC[C@@]1(O)C[C@H](OC2CC(N(C)C)C(OC3CC(O)C(OC4CCC(=O)C(C)O4)C(C)O3)C(C)O2)c2c(O)c3c(c(O)c2[C@H]1O)C(=O)c1cccc(O)c1C3=O. The lowest BCUT2D eigenvalue weighted by Crippen LogP contribution is -2.58. The lowest BCUT2D eigenvalue weighted by atomic mass is 9.70. The molecule has 16 heteroatoms. The molecular weight excluding hydrogens is 734 g/mol. The Labute approximate surface area is 323 Å². The van der Waals surface area contributed by atoms with E-state index in [9.17, 15) is 45.0 Å². The van der Waals surface area contributed by atoms with E-state index >= 15 is 0 Å². The monoisotopic (exact) mass is 785 g/mol. The van der Waals surface area contributed by atoms with Gasteiger partial charge in [0.1, 0.15) is 41.7 Å². The van der Waals surface area contributed by atoms with Gasteiger partial charge in [-0.1, -0.05) is 19.1 Å². The smallest absolute Gasteiger partial charge is 0.202 e. The standard InChI is InChI=1S/C40H51NO15/c1-7-40(50)15-24(29-32(39(40)49)36(48)30-31(35(29)47)34(46)28-19(33(30)45)9-8-10-22(28)43)54-26-13-20(41(5)6)37(17(3)52-26)56-27-14-23(44)38(18(4)53-27)55-25-12-11-21(42)16(2)51-25/h8-10,16-18,20,23-27,37-39,43-44,47-50H,7,11-15H2,1-6H3/t16?,17?,18?,20?,23?,24-,25?,26?,27?,37?,38?,39+,40+/m0/s1. The second kappa shape index (κ2) is 15.3. The van der Waals surface area contributed by atoms with Crippen LogP contribution in [0.3, 0.4) is 0 Å². The average Bonchev–Trinajstić information content (AvgIpc) is 3.14. The summed E-state index contributed by atoms with van der Waals surface area (Å²) >= 11 is 0. The quantitative estimate of drug-likeness (QED) is 0.180. The highest BCUT2D eigenvalue weighted by Crippen LogP contribution is 2.56. The van der Waals surface area contributed by atoms with E-state index in [1.807, 2.05) is 19.0 Å². The Morgan fingerprint density at radius 3 is 2.07 bits per heavy atom. The van der Waals surface area contributed by atoms with E-state index < -0.39 is 113 Å². The third-order valence-corrected chi connectivity index (χ3v) is 12.1. The van der Waals surface area contributed by atoms with E-state index in [1.165, 1.54) is 18.2 Å². The first-order valence-corrected chi connectivity index (χ1v) is 19.2. The molecule has 0 bridgehead atoms. The largest absolute Gasteiger partial charge is 0.507 e. The van der Waals surface area contributed by atoms with Gasteiger partial charge < -0.3 is 64.0 Å². The Morgan fingerprint density at radius 1 is 0.804 bits per heavy atom. The number of rotatable bonds is 8. The number of hydrogen-bond acceptors (Lipinski definition) is 16. The minimum atomic E-state index is -1.88. The molecule has 2 aromatic rings. The molecule has 0 radical (unpaired) electrons. The summed E-state index contributed by atoms with van der Waals surface area (Å²) in [5.74, 6) is -3.73. The third-order valence-electron chi connectivity index (χ3n) is 12.1. The van der Waals surface area contributed by atoms with Crippen LogP contribution in [-0.2, 0) is 33.2 Å². The highest BCUT2D eigenvalue weighted by molar-refractivity contribution is 6.31. The number of likely N-dealkylation sites (N-methyl/N-ethyl adjacent to an activating group) is 1. The van der Waals surface area contributed by atoms with Crippen molar-refractivity contribution in [3.63, 3.8) is 0 Å². The number of benzene rings is 2. The van der Waals surface area contributed by atoms with E-state index in [4.69, 9.17) is 28.4 Å². The molecule has 2 aliphatic carbocycles. The summed E-state index contributed by atoms with van der Waals surface area (Å²) in [6.45, 7) is 6.85. The van der Waals surface area contributed by atoms with Crippen molar-refractivity contribution in [2.45, 2.75) is 146 Å². The molecule has 0 amide bonds. The summed E-state index contributed by atoms with van der Waals surface area (Å²) in [5.41, 5.74) is -4.02. The zero-order valence-corrected chi connectivity index (χ0v) is 32.2. The minimum Gasteiger partial charge on any atom is -0.507 e. The fourth-order valence-electron chi connectivity index (χ4n) is 8.88. The zero-order chi connectivity index (χ0) is 40.5. The summed E-state index contributed by atoms with van der Waals surface area (Å²) in [6.07, 6.45) is -8.83. The van der Waals surface area contributed by atoms with E-state index in [-0.39, 0.29) is 59.8 Å². The van der Waals surface area contributed by atoms with Gasteiger partial charge in [-0.3, -0.25) is 14.4 Å². The van der Waals surface area contributed by atoms with Crippen LogP contribution in [0.4, 0.5) is 0 Å². The number of phenols is 3. The van der Waals surface area contributed by atoms with Crippen LogP contribution in [-0.4, -0.2) is 134 Å². The van der Waals surface area contributed by atoms with Crippen LogP contribution in [0.2, 0.25) is 0 Å². The van der Waals surface area contributed by atoms with E-state index in [0.29, 0.717) is 12.8 Å². The van der Waals surface area contributed by atoms with Gasteiger partial charge in [-0.05, 0) is 47.4 Å². The first kappa shape index (κ1) is 40.6. The molecular formula is C40H51NO15. The van der Waals surface area contributed by atoms with Crippen LogP contribution in [0.25, 0.3) is 0 Å². The van der Waals surface area contributed by atoms with Gasteiger partial charge in [0, 0.05) is 54.8 Å². The topological polar surface area (TPSA) is 231 Å².